The SMILES string of the molecule is CCCCCCCCCCCCCC/C=C\CCCCCCCCCC(O)C(=O)NC(CO)C(O)CCCCCCCCCCCCC. The third-order valence-electron chi connectivity index (χ3n) is 10.1. The molecule has 3 atom stereocenters. The van der Waals surface area contributed by atoms with Crippen molar-refractivity contribution in [3.8, 4) is 0 Å². The molecule has 0 aromatic rings. The number of aliphatic hydroxyl groups is 3. The quantitative estimate of drug-likeness (QED) is 0.0384. The number of nitrogens with one attached hydrogen (secondary N) is 1. The van der Waals surface area contributed by atoms with Crippen LogP contribution in [0, 0.1) is 0 Å². The highest BCUT2D eigenvalue weighted by molar-refractivity contribution is 5.80. The van der Waals surface area contributed by atoms with Gasteiger partial charge in [0.25, 0.3) is 0 Å². The number of amides is 1. The molecule has 4 N–H and O–H groups in total. The molecule has 3 unspecified atom stereocenters. The first-order valence-electron chi connectivity index (χ1n) is 21.5. The maximum absolute atomic E-state index is 12.4. The molecule has 0 saturated carbocycles. The van der Waals surface area contributed by atoms with E-state index in [2.05, 4.69) is 31.3 Å². The van der Waals surface area contributed by atoms with E-state index in [9.17, 15) is 20.1 Å². The normalized spacial score (nSPS) is 13.7. The standard InChI is InChI=1S/C43H85NO4/c1-3-5-7-9-11-13-15-16-17-18-19-20-21-22-23-24-25-26-28-30-32-34-36-38-42(47)43(48)44-40(39-45)41(46)37-35-33-31-29-27-14-12-10-8-6-4-2/h22-23,40-42,45-47H,3-21,24-39H2,1-2H3,(H,44,48)/b23-22-. The van der Waals surface area contributed by atoms with Crippen LogP contribution in [-0.4, -0.2) is 46.1 Å². The van der Waals surface area contributed by atoms with Gasteiger partial charge in [-0.05, 0) is 38.5 Å². The summed E-state index contributed by atoms with van der Waals surface area (Å²) in [5.41, 5.74) is 0. The third-order valence-corrected chi connectivity index (χ3v) is 10.1. The van der Waals surface area contributed by atoms with Crippen LogP contribution < -0.4 is 5.32 Å². The maximum Gasteiger partial charge on any atom is 0.249 e. The van der Waals surface area contributed by atoms with Gasteiger partial charge < -0.3 is 20.6 Å². The minimum atomic E-state index is -1.07. The van der Waals surface area contributed by atoms with Crippen molar-refractivity contribution in [3.05, 3.63) is 12.2 Å². The van der Waals surface area contributed by atoms with Gasteiger partial charge in [0.15, 0.2) is 0 Å². The van der Waals surface area contributed by atoms with Crippen molar-refractivity contribution in [1.82, 2.24) is 5.32 Å². The summed E-state index contributed by atoms with van der Waals surface area (Å²) in [5, 5.41) is 33.2. The fraction of sp³-hybridized carbons (Fsp3) is 0.930. The zero-order valence-electron chi connectivity index (χ0n) is 32.4. The van der Waals surface area contributed by atoms with Crippen LogP contribution in [0.4, 0.5) is 0 Å². The van der Waals surface area contributed by atoms with E-state index in [0.29, 0.717) is 12.8 Å². The molecule has 0 heterocycles. The van der Waals surface area contributed by atoms with Crippen molar-refractivity contribution in [2.75, 3.05) is 6.61 Å². The van der Waals surface area contributed by atoms with Crippen LogP contribution in [-0.2, 0) is 4.79 Å². The largest absolute Gasteiger partial charge is 0.394 e. The second kappa shape index (κ2) is 38.9. The molecule has 0 aliphatic rings. The Kier molecular flexibility index (Phi) is 38.1. The number of carbonyl (C=O) groups excluding carboxylic acids is 1. The van der Waals surface area contributed by atoms with Gasteiger partial charge in [-0.15, -0.1) is 0 Å². The molecule has 48 heavy (non-hydrogen) atoms. The summed E-state index contributed by atoms with van der Waals surface area (Å²) in [5.74, 6) is -0.473. The lowest BCUT2D eigenvalue weighted by atomic mass is 10.0. The fourth-order valence-electron chi connectivity index (χ4n) is 6.72. The molecule has 1 amide bonds. The van der Waals surface area contributed by atoms with Crippen LogP contribution in [0.5, 0.6) is 0 Å². The minimum Gasteiger partial charge on any atom is -0.394 e. The van der Waals surface area contributed by atoms with Gasteiger partial charge in [-0.3, -0.25) is 4.79 Å². The van der Waals surface area contributed by atoms with Crippen LogP contribution in [0.1, 0.15) is 232 Å². The van der Waals surface area contributed by atoms with E-state index < -0.39 is 24.2 Å². The molecule has 5 nitrogen and oxygen atoms in total. The highest BCUT2D eigenvalue weighted by Gasteiger charge is 2.23. The van der Waals surface area contributed by atoms with Crippen molar-refractivity contribution >= 4 is 5.91 Å². The second-order valence-corrected chi connectivity index (χ2v) is 14.9. The van der Waals surface area contributed by atoms with E-state index in [1.807, 2.05) is 0 Å². The molecule has 0 bridgehead atoms. The van der Waals surface area contributed by atoms with E-state index >= 15 is 0 Å². The summed E-state index contributed by atoms with van der Waals surface area (Å²) >= 11 is 0. The predicted octanol–water partition coefficient (Wildman–Crippen LogP) is 12.0. The lowest BCUT2D eigenvalue weighted by Gasteiger charge is -2.23. The first kappa shape index (κ1) is 47.1. The number of carbonyl (C=O) groups is 1. The van der Waals surface area contributed by atoms with Crippen LogP contribution >= 0.6 is 0 Å². The lowest BCUT2D eigenvalue weighted by molar-refractivity contribution is -0.131. The van der Waals surface area contributed by atoms with E-state index in [1.165, 1.54) is 173 Å². The third kappa shape index (κ3) is 33.6. The van der Waals surface area contributed by atoms with Gasteiger partial charge in [0, 0.05) is 0 Å². The molecule has 0 radical (unpaired) electrons. The predicted molar refractivity (Wildman–Crippen MR) is 208 cm³/mol. The van der Waals surface area contributed by atoms with Gasteiger partial charge in [0.05, 0.1) is 18.8 Å². The Balaban J connectivity index is 3.58. The van der Waals surface area contributed by atoms with E-state index in [4.69, 9.17) is 0 Å². The summed E-state index contributed by atoms with van der Waals surface area (Å²) in [6.45, 7) is 4.22. The van der Waals surface area contributed by atoms with E-state index in [-0.39, 0.29) is 6.61 Å². The smallest absolute Gasteiger partial charge is 0.249 e. The van der Waals surface area contributed by atoms with E-state index in [0.717, 1.165) is 32.1 Å². The Morgan fingerprint density at radius 3 is 1.15 bits per heavy atom. The maximum atomic E-state index is 12.4. The summed E-state index contributed by atoms with van der Waals surface area (Å²) in [6.07, 6.45) is 45.0. The monoisotopic (exact) mass is 680 g/mol. The van der Waals surface area contributed by atoms with Crippen molar-refractivity contribution in [3.63, 3.8) is 0 Å². The summed E-state index contributed by atoms with van der Waals surface area (Å²) in [4.78, 5) is 12.4. The minimum absolute atomic E-state index is 0.313. The molecule has 0 fully saturated rings. The number of hydrogen-bond acceptors (Lipinski definition) is 4. The fourth-order valence-corrected chi connectivity index (χ4v) is 6.72. The Morgan fingerprint density at radius 2 is 0.792 bits per heavy atom. The molecule has 0 aliphatic carbocycles. The van der Waals surface area contributed by atoms with Crippen molar-refractivity contribution in [1.29, 1.82) is 0 Å². The molecule has 286 valence electrons. The number of allylic oxidation sites excluding steroid dienone is 2. The van der Waals surface area contributed by atoms with Crippen molar-refractivity contribution in [2.45, 2.75) is 250 Å². The number of aliphatic hydroxyl groups excluding tert-OH is 3. The molecular weight excluding hydrogens is 594 g/mol. The zero-order valence-corrected chi connectivity index (χ0v) is 32.4. The molecule has 0 aromatic heterocycles. The first-order valence-corrected chi connectivity index (χ1v) is 21.5. The van der Waals surface area contributed by atoms with Crippen LogP contribution in [0.3, 0.4) is 0 Å². The number of hydrogen-bond donors (Lipinski definition) is 4. The van der Waals surface area contributed by atoms with Crippen LogP contribution in [0.15, 0.2) is 12.2 Å². The van der Waals surface area contributed by atoms with Gasteiger partial charge in [0.1, 0.15) is 6.10 Å². The Bertz CT molecular complexity index is 669. The van der Waals surface area contributed by atoms with Crippen LogP contribution in [0.2, 0.25) is 0 Å². The molecule has 0 rings (SSSR count). The zero-order chi connectivity index (χ0) is 35.2. The van der Waals surface area contributed by atoms with Crippen molar-refractivity contribution < 1.29 is 20.1 Å². The molecular formula is C43H85NO4. The number of rotatable bonds is 39. The Morgan fingerprint density at radius 1 is 0.479 bits per heavy atom. The molecule has 5 heteroatoms. The average molecular weight is 680 g/mol. The lowest BCUT2D eigenvalue weighted by Crippen LogP contribution is -2.49. The molecule has 0 aliphatic heterocycles. The van der Waals surface area contributed by atoms with Gasteiger partial charge in [-0.1, -0.05) is 206 Å². The van der Waals surface area contributed by atoms with Gasteiger partial charge in [-0.2, -0.15) is 0 Å². The summed E-state index contributed by atoms with van der Waals surface area (Å²) < 4.78 is 0. The molecule has 0 saturated heterocycles. The van der Waals surface area contributed by atoms with Gasteiger partial charge in [0.2, 0.25) is 5.91 Å². The summed E-state index contributed by atoms with van der Waals surface area (Å²) in [6, 6.07) is -0.709. The van der Waals surface area contributed by atoms with Crippen molar-refractivity contribution in [2.24, 2.45) is 0 Å². The van der Waals surface area contributed by atoms with E-state index in [1.54, 1.807) is 0 Å². The van der Waals surface area contributed by atoms with Crippen LogP contribution in [0.25, 0.3) is 0 Å². The molecule has 0 spiro atoms. The van der Waals surface area contributed by atoms with Gasteiger partial charge >= 0.3 is 0 Å². The Hall–Kier alpha value is -0.910. The Labute approximate surface area is 299 Å². The highest BCUT2D eigenvalue weighted by Crippen LogP contribution is 2.16. The number of unbranched alkanes of at least 4 members (excludes halogenated alkanes) is 29. The first-order chi connectivity index (χ1) is 23.6. The second-order valence-electron chi connectivity index (χ2n) is 14.9. The molecule has 0 aromatic carbocycles. The average Bonchev–Trinajstić information content (AvgIpc) is 3.09. The highest BCUT2D eigenvalue weighted by atomic mass is 16.3. The van der Waals surface area contributed by atoms with Gasteiger partial charge in [-0.25, -0.2) is 0 Å². The summed E-state index contributed by atoms with van der Waals surface area (Å²) in [7, 11) is 0. The topological polar surface area (TPSA) is 89.8 Å².